The highest BCUT2D eigenvalue weighted by atomic mass is 35.5. The first-order valence-electron chi connectivity index (χ1n) is 8.60. The highest BCUT2D eigenvalue weighted by molar-refractivity contribution is 7.98. The van der Waals surface area contributed by atoms with Crippen molar-refractivity contribution in [2.75, 3.05) is 6.54 Å². The van der Waals surface area contributed by atoms with E-state index in [9.17, 15) is 4.79 Å². The molecule has 1 amide bonds. The van der Waals surface area contributed by atoms with Gasteiger partial charge in [0.15, 0.2) is 0 Å². The molecule has 0 aromatic heterocycles. The summed E-state index contributed by atoms with van der Waals surface area (Å²) in [7, 11) is 0. The zero-order chi connectivity index (χ0) is 19.1. The largest absolute Gasteiger partial charge is 0.352 e. The Morgan fingerprint density at radius 2 is 1.33 bits per heavy atom. The van der Waals surface area contributed by atoms with Gasteiger partial charge in [-0.2, -0.15) is 0 Å². The molecule has 0 saturated carbocycles. The van der Waals surface area contributed by atoms with Crippen LogP contribution in [0.3, 0.4) is 0 Å². The molecule has 0 aliphatic carbocycles. The molecule has 2 nitrogen and oxygen atoms in total. The molecule has 0 aliphatic heterocycles. The lowest BCUT2D eigenvalue weighted by Gasteiger charge is -2.07. The summed E-state index contributed by atoms with van der Waals surface area (Å²) in [6, 6.07) is 23.2. The summed E-state index contributed by atoms with van der Waals surface area (Å²) in [4.78, 5) is 13.4. The number of halogens is 2. The number of benzene rings is 3. The van der Waals surface area contributed by atoms with Crippen molar-refractivity contribution in [3.63, 3.8) is 0 Å². The maximum absolute atomic E-state index is 12.3. The lowest BCUT2D eigenvalue weighted by atomic mass is 10.1. The first-order valence-corrected chi connectivity index (χ1v) is 10.3. The summed E-state index contributed by atoms with van der Waals surface area (Å²) >= 11 is 13.5. The van der Waals surface area contributed by atoms with E-state index in [1.54, 1.807) is 11.8 Å². The first-order chi connectivity index (χ1) is 13.1. The van der Waals surface area contributed by atoms with Gasteiger partial charge in [-0.05, 0) is 66.1 Å². The number of hydrogen-bond donors (Lipinski definition) is 1. The van der Waals surface area contributed by atoms with Gasteiger partial charge in [-0.1, -0.05) is 47.5 Å². The molecule has 138 valence electrons. The number of carbonyl (C=O) groups excluding carboxylic acids is 1. The van der Waals surface area contributed by atoms with E-state index in [1.807, 2.05) is 72.8 Å². The third-order valence-corrected chi connectivity index (χ3v) is 5.63. The average Bonchev–Trinajstić information content (AvgIpc) is 2.69. The van der Waals surface area contributed by atoms with Crippen molar-refractivity contribution in [1.29, 1.82) is 0 Å². The van der Waals surface area contributed by atoms with Crippen LogP contribution in [0, 0.1) is 0 Å². The van der Waals surface area contributed by atoms with Crippen LogP contribution in [-0.4, -0.2) is 12.5 Å². The fourth-order valence-electron chi connectivity index (χ4n) is 2.52. The van der Waals surface area contributed by atoms with Crippen molar-refractivity contribution >= 4 is 40.9 Å². The second-order valence-corrected chi connectivity index (χ2v) is 7.99. The van der Waals surface area contributed by atoms with E-state index in [1.165, 1.54) is 10.5 Å². The predicted octanol–water partition coefficient (Wildman–Crippen LogP) is 6.26. The topological polar surface area (TPSA) is 29.1 Å². The average molecular weight is 416 g/mol. The zero-order valence-electron chi connectivity index (χ0n) is 14.6. The lowest BCUT2D eigenvalue weighted by molar-refractivity contribution is 0.0954. The molecule has 0 spiro atoms. The molecule has 0 aliphatic rings. The lowest BCUT2D eigenvalue weighted by Crippen LogP contribution is -2.25. The number of thioether (sulfide) groups is 1. The van der Waals surface area contributed by atoms with Gasteiger partial charge in [-0.25, -0.2) is 0 Å². The van der Waals surface area contributed by atoms with Gasteiger partial charge in [0, 0.05) is 32.8 Å². The molecule has 0 fully saturated rings. The van der Waals surface area contributed by atoms with Crippen LogP contribution in [0.25, 0.3) is 0 Å². The zero-order valence-corrected chi connectivity index (χ0v) is 17.0. The molecule has 5 heteroatoms. The van der Waals surface area contributed by atoms with Crippen molar-refractivity contribution < 1.29 is 4.79 Å². The van der Waals surface area contributed by atoms with Crippen LogP contribution < -0.4 is 5.32 Å². The molecule has 0 bridgehead atoms. The van der Waals surface area contributed by atoms with Gasteiger partial charge in [0.2, 0.25) is 0 Å². The van der Waals surface area contributed by atoms with E-state index >= 15 is 0 Å². The van der Waals surface area contributed by atoms with Crippen LogP contribution >= 0.6 is 35.0 Å². The summed E-state index contributed by atoms with van der Waals surface area (Å²) < 4.78 is 0. The monoisotopic (exact) mass is 415 g/mol. The molecule has 3 aromatic rings. The van der Waals surface area contributed by atoms with E-state index in [0.29, 0.717) is 12.1 Å². The van der Waals surface area contributed by atoms with Gasteiger partial charge < -0.3 is 5.32 Å². The Kier molecular flexibility index (Phi) is 7.22. The number of hydrogen-bond acceptors (Lipinski definition) is 2. The number of carbonyl (C=O) groups is 1. The molecule has 3 aromatic carbocycles. The van der Waals surface area contributed by atoms with Gasteiger partial charge in [0.25, 0.3) is 5.91 Å². The molecule has 0 saturated heterocycles. The van der Waals surface area contributed by atoms with Crippen molar-refractivity contribution in [1.82, 2.24) is 5.32 Å². The van der Waals surface area contributed by atoms with Crippen LogP contribution in [0.5, 0.6) is 0 Å². The summed E-state index contributed by atoms with van der Waals surface area (Å²) in [6.07, 6.45) is 0.777. The minimum absolute atomic E-state index is 0.0548. The van der Waals surface area contributed by atoms with Crippen LogP contribution in [0.4, 0.5) is 0 Å². The standard InChI is InChI=1S/C22H19Cl2NOS/c23-19-7-3-16(4-8-19)13-14-25-22(26)18-5-1-17(2-6-18)15-27-21-11-9-20(24)10-12-21/h1-12H,13-15H2,(H,25,26). The Labute approximate surface area is 173 Å². The second kappa shape index (κ2) is 9.84. The Balaban J connectivity index is 1.46. The first kappa shape index (κ1) is 19.8. The highest BCUT2D eigenvalue weighted by Gasteiger charge is 2.05. The summed E-state index contributed by atoms with van der Waals surface area (Å²) in [5.74, 6) is 0.793. The smallest absolute Gasteiger partial charge is 0.251 e. The van der Waals surface area contributed by atoms with Gasteiger partial charge >= 0.3 is 0 Å². The number of rotatable bonds is 7. The Morgan fingerprint density at radius 1 is 0.778 bits per heavy atom. The molecular formula is C22H19Cl2NOS. The molecule has 3 rings (SSSR count). The SMILES string of the molecule is O=C(NCCc1ccc(Cl)cc1)c1ccc(CSc2ccc(Cl)cc2)cc1. The summed E-state index contributed by atoms with van der Waals surface area (Å²) in [5, 5.41) is 4.42. The minimum atomic E-state index is -0.0548. The molecule has 0 radical (unpaired) electrons. The van der Waals surface area contributed by atoms with Crippen LogP contribution in [0.15, 0.2) is 77.7 Å². The second-order valence-electron chi connectivity index (χ2n) is 6.07. The minimum Gasteiger partial charge on any atom is -0.352 e. The summed E-state index contributed by atoms with van der Waals surface area (Å²) in [5.41, 5.74) is 2.99. The van der Waals surface area contributed by atoms with Crippen LogP contribution in [-0.2, 0) is 12.2 Å². The fraction of sp³-hybridized carbons (Fsp3) is 0.136. The maximum atomic E-state index is 12.3. The van der Waals surface area contributed by atoms with Gasteiger partial charge in [-0.15, -0.1) is 11.8 Å². The predicted molar refractivity (Wildman–Crippen MR) is 115 cm³/mol. The third-order valence-electron chi connectivity index (χ3n) is 4.05. The molecular weight excluding hydrogens is 397 g/mol. The Hall–Kier alpha value is -1.94. The number of amides is 1. The van der Waals surface area contributed by atoms with E-state index < -0.39 is 0 Å². The number of nitrogens with one attached hydrogen (secondary N) is 1. The summed E-state index contributed by atoms with van der Waals surface area (Å²) in [6.45, 7) is 0.592. The normalized spacial score (nSPS) is 10.6. The Bertz CT molecular complexity index is 878. The fourth-order valence-corrected chi connectivity index (χ4v) is 3.63. The van der Waals surface area contributed by atoms with E-state index in [2.05, 4.69) is 5.32 Å². The molecule has 27 heavy (non-hydrogen) atoms. The van der Waals surface area contributed by atoms with Gasteiger partial charge in [0.1, 0.15) is 0 Å². The maximum Gasteiger partial charge on any atom is 0.251 e. The Morgan fingerprint density at radius 3 is 1.96 bits per heavy atom. The molecule has 0 unspecified atom stereocenters. The van der Waals surface area contributed by atoms with E-state index in [-0.39, 0.29) is 5.91 Å². The molecule has 1 N–H and O–H groups in total. The van der Waals surface area contributed by atoms with Crippen molar-refractivity contribution in [2.24, 2.45) is 0 Å². The van der Waals surface area contributed by atoms with Crippen LogP contribution in [0.1, 0.15) is 21.5 Å². The van der Waals surface area contributed by atoms with Crippen molar-refractivity contribution in [3.05, 3.63) is 99.5 Å². The molecule has 0 atom stereocenters. The third kappa shape index (κ3) is 6.31. The van der Waals surface area contributed by atoms with Crippen molar-refractivity contribution in [2.45, 2.75) is 17.1 Å². The molecule has 0 heterocycles. The van der Waals surface area contributed by atoms with Gasteiger partial charge in [-0.3, -0.25) is 4.79 Å². The van der Waals surface area contributed by atoms with Crippen LogP contribution in [0.2, 0.25) is 10.0 Å². The quantitative estimate of drug-likeness (QED) is 0.461. The van der Waals surface area contributed by atoms with Gasteiger partial charge in [0.05, 0.1) is 0 Å². The highest BCUT2D eigenvalue weighted by Crippen LogP contribution is 2.24. The van der Waals surface area contributed by atoms with E-state index in [0.717, 1.165) is 27.8 Å². The van der Waals surface area contributed by atoms with E-state index in [4.69, 9.17) is 23.2 Å². The van der Waals surface area contributed by atoms with Crippen molar-refractivity contribution in [3.8, 4) is 0 Å².